The molecule has 2 aromatic rings. The van der Waals surface area contributed by atoms with E-state index in [4.69, 9.17) is 4.74 Å². The molecule has 0 aliphatic heterocycles. The van der Waals surface area contributed by atoms with Crippen molar-refractivity contribution in [2.24, 2.45) is 0 Å². The summed E-state index contributed by atoms with van der Waals surface area (Å²) in [4.78, 5) is 11.9. The average Bonchev–Trinajstić information content (AvgIpc) is 2.98. The van der Waals surface area contributed by atoms with Crippen LogP contribution in [0.25, 0.3) is 0 Å². The van der Waals surface area contributed by atoms with Gasteiger partial charge in [0.05, 0.1) is 7.11 Å². The van der Waals surface area contributed by atoms with Crippen LogP contribution in [0.15, 0.2) is 41.3 Å². The first-order valence-corrected chi connectivity index (χ1v) is 8.51. The lowest BCUT2D eigenvalue weighted by molar-refractivity contribution is -0.116. The molecule has 1 aromatic carbocycles. The molecule has 5 nitrogen and oxygen atoms in total. The fraction of sp³-hybridized carbons (Fsp3) is 0.267. The van der Waals surface area contributed by atoms with Crippen LogP contribution in [0.2, 0.25) is 0 Å². The second kappa shape index (κ2) is 8.55. The molecule has 0 aliphatic rings. The summed E-state index contributed by atoms with van der Waals surface area (Å²) < 4.78 is 5.93. The number of nitrogens with zero attached hydrogens (tertiary/aromatic N) is 2. The van der Waals surface area contributed by atoms with Gasteiger partial charge in [0.25, 0.3) is 0 Å². The summed E-state index contributed by atoms with van der Waals surface area (Å²) in [6.07, 6.45) is 2.88. The molecule has 1 amide bonds. The van der Waals surface area contributed by atoms with Crippen LogP contribution in [0.5, 0.6) is 5.75 Å². The quantitative estimate of drug-likeness (QED) is 0.455. The lowest BCUT2D eigenvalue weighted by Crippen LogP contribution is -2.12. The average molecular weight is 335 g/mol. The highest BCUT2D eigenvalue weighted by atomic mass is 32.2. The Hall–Kier alpha value is -1.86. The molecule has 0 unspecified atom stereocenters. The van der Waals surface area contributed by atoms with E-state index < -0.39 is 0 Å². The summed E-state index contributed by atoms with van der Waals surface area (Å²) in [7, 11) is 1.63. The molecule has 2 rings (SSSR count). The van der Waals surface area contributed by atoms with E-state index in [1.807, 2.05) is 24.3 Å². The molecule has 1 heterocycles. The van der Waals surface area contributed by atoms with Crippen LogP contribution in [0.3, 0.4) is 0 Å². The smallest absolute Gasteiger partial charge is 0.226 e. The number of aryl methyl sites for hydroxylation is 1. The summed E-state index contributed by atoms with van der Waals surface area (Å²) in [6, 6.07) is 7.70. The Labute approximate surface area is 137 Å². The summed E-state index contributed by atoms with van der Waals surface area (Å²) in [6.45, 7) is 3.65. The van der Waals surface area contributed by atoms with Crippen LogP contribution in [0, 0.1) is 0 Å². The summed E-state index contributed by atoms with van der Waals surface area (Å²) in [5, 5.41) is 11.3. The first kappa shape index (κ1) is 16.5. The zero-order valence-electron chi connectivity index (χ0n) is 12.2. The topological polar surface area (TPSA) is 64.1 Å². The molecule has 0 fully saturated rings. The minimum absolute atomic E-state index is 0.0627. The maximum Gasteiger partial charge on any atom is 0.226 e. The van der Waals surface area contributed by atoms with E-state index in [1.165, 1.54) is 11.3 Å². The molecule has 0 bridgehead atoms. The van der Waals surface area contributed by atoms with Crippen molar-refractivity contribution in [1.29, 1.82) is 0 Å². The zero-order chi connectivity index (χ0) is 15.8. The highest BCUT2D eigenvalue weighted by molar-refractivity contribution is 8.01. The van der Waals surface area contributed by atoms with Gasteiger partial charge in [-0.05, 0) is 24.1 Å². The molecule has 116 valence electrons. The lowest BCUT2D eigenvalue weighted by Gasteiger charge is -2.03. The first-order valence-electron chi connectivity index (χ1n) is 6.71. The number of carbonyl (C=O) groups is 1. The molecule has 1 N–H and O–H groups in total. The Bertz CT molecular complexity index is 626. The number of ether oxygens (including phenoxy) is 1. The number of amides is 1. The zero-order valence-corrected chi connectivity index (χ0v) is 13.9. The number of benzene rings is 1. The van der Waals surface area contributed by atoms with E-state index in [9.17, 15) is 4.79 Å². The van der Waals surface area contributed by atoms with Gasteiger partial charge in [0.15, 0.2) is 4.34 Å². The maximum absolute atomic E-state index is 11.9. The van der Waals surface area contributed by atoms with E-state index in [1.54, 1.807) is 24.9 Å². The molecule has 1 aromatic heterocycles. The van der Waals surface area contributed by atoms with Gasteiger partial charge < -0.3 is 10.1 Å². The van der Waals surface area contributed by atoms with Crippen molar-refractivity contribution in [3.05, 3.63) is 42.5 Å². The van der Waals surface area contributed by atoms with Crippen LogP contribution < -0.4 is 10.1 Å². The predicted molar refractivity (Wildman–Crippen MR) is 90.8 cm³/mol. The number of anilines is 1. The van der Waals surface area contributed by atoms with Gasteiger partial charge in [-0.3, -0.25) is 4.79 Å². The molecule has 0 saturated carbocycles. The van der Waals surface area contributed by atoms with Crippen LogP contribution >= 0.6 is 23.1 Å². The lowest BCUT2D eigenvalue weighted by atomic mass is 10.1. The van der Waals surface area contributed by atoms with Gasteiger partial charge in [-0.1, -0.05) is 41.3 Å². The number of carbonyl (C=O) groups excluding carboxylic acids is 1. The fourth-order valence-corrected chi connectivity index (χ4v) is 3.21. The largest absolute Gasteiger partial charge is 0.497 e. The number of hydrogen-bond donors (Lipinski definition) is 1. The number of methoxy groups -OCH3 is 1. The van der Waals surface area contributed by atoms with Gasteiger partial charge in [-0.25, -0.2) is 0 Å². The molecule has 0 radical (unpaired) electrons. The van der Waals surface area contributed by atoms with E-state index in [0.29, 0.717) is 18.0 Å². The fourth-order valence-electron chi connectivity index (χ4n) is 1.68. The molecule has 7 heteroatoms. The van der Waals surface area contributed by atoms with Crippen molar-refractivity contribution in [2.45, 2.75) is 17.2 Å². The number of thioether (sulfide) groups is 1. The summed E-state index contributed by atoms with van der Waals surface area (Å²) in [5.74, 6) is 1.53. The highest BCUT2D eigenvalue weighted by Gasteiger charge is 2.08. The van der Waals surface area contributed by atoms with Gasteiger partial charge in [0, 0.05) is 12.2 Å². The van der Waals surface area contributed by atoms with Crippen molar-refractivity contribution >= 4 is 34.1 Å². The summed E-state index contributed by atoms with van der Waals surface area (Å²) >= 11 is 2.92. The van der Waals surface area contributed by atoms with Gasteiger partial charge in [-0.15, -0.1) is 16.8 Å². The Morgan fingerprint density at radius 2 is 2.18 bits per heavy atom. The number of rotatable bonds is 8. The number of nitrogens with one attached hydrogen (secondary N) is 1. The second-order valence-corrected chi connectivity index (χ2v) is 6.61. The normalized spacial score (nSPS) is 10.2. The van der Waals surface area contributed by atoms with Crippen LogP contribution in [-0.4, -0.2) is 29.0 Å². The third-order valence-corrected chi connectivity index (χ3v) is 4.75. The summed E-state index contributed by atoms with van der Waals surface area (Å²) in [5.41, 5.74) is 1.09. The Morgan fingerprint density at radius 3 is 2.86 bits per heavy atom. The van der Waals surface area contributed by atoms with E-state index in [0.717, 1.165) is 21.4 Å². The molecule has 0 spiro atoms. The Morgan fingerprint density at radius 1 is 1.41 bits per heavy atom. The van der Waals surface area contributed by atoms with Gasteiger partial charge in [-0.2, -0.15) is 0 Å². The minimum atomic E-state index is -0.0627. The van der Waals surface area contributed by atoms with E-state index in [-0.39, 0.29) is 5.91 Å². The third-order valence-electron chi connectivity index (χ3n) is 2.78. The molecule has 0 atom stereocenters. The standard InChI is InChI=1S/C15H17N3O2S2/c1-3-10-21-15-18-17-14(22-15)16-13(19)9-6-11-4-7-12(20-2)8-5-11/h3-5,7-8H,1,6,9-10H2,2H3,(H,16,17,19). The predicted octanol–water partition coefficient (Wildman–Crippen LogP) is 3.40. The van der Waals surface area contributed by atoms with Gasteiger partial charge in [0.1, 0.15) is 5.75 Å². The van der Waals surface area contributed by atoms with Crippen molar-refractivity contribution in [2.75, 3.05) is 18.2 Å². The van der Waals surface area contributed by atoms with E-state index in [2.05, 4.69) is 22.1 Å². The number of aromatic nitrogens is 2. The van der Waals surface area contributed by atoms with Crippen molar-refractivity contribution < 1.29 is 9.53 Å². The SMILES string of the molecule is C=CCSc1nnc(NC(=O)CCc2ccc(OC)cc2)s1. The minimum Gasteiger partial charge on any atom is -0.497 e. The maximum atomic E-state index is 11.9. The Balaban J connectivity index is 1.79. The highest BCUT2D eigenvalue weighted by Crippen LogP contribution is 2.25. The van der Waals surface area contributed by atoms with E-state index >= 15 is 0 Å². The van der Waals surface area contributed by atoms with Gasteiger partial charge >= 0.3 is 0 Å². The first-order chi connectivity index (χ1) is 10.7. The molecular weight excluding hydrogens is 318 g/mol. The van der Waals surface area contributed by atoms with Crippen molar-refractivity contribution in [1.82, 2.24) is 10.2 Å². The monoisotopic (exact) mass is 335 g/mol. The van der Waals surface area contributed by atoms with Crippen molar-refractivity contribution in [3.8, 4) is 5.75 Å². The van der Waals surface area contributed by atoms with Crippen LogP contribution in [0.1, 0.15) is 12.0 Å². The second-order valence-electron chi connectivity index (χ2n) is 4.37. The van der Waals surface area contributed by atoms with Crippen LogP contribution in [-0.2, 0) is 11.2 Å². The van der Waals surface area contributed by atoms with Gasteiger partial charge in [0.2, 0.25) is 11.0 Å². The molecule has 22 heavy (non-hydrogen) atoms. The molecule has 0 saturated heterocycles. The molecule has 0 aliphatic carbocycles. The number of hydrogen-bond acceptors (Lipinski definition) is 6. The third kappa shape index (κ3) is 5.16. The molecular formula is C15H17N3O2S2. The van der Waals surface area contributed by atoms with Crippen molar-refractivity contribution in [3.63, 3.8) is 0 Å². The van der Waals surface area contributed by atoms with Crippen LogP contribution in [0.4, 0.5) is 5.13 Å². The Kier molecular flexibility index (Phi) is 6.42.